The van der Waals surface area contributed by atoms with Gasteiger partial charge in [-0.15, -0.1) is 0 Å². The molecule has 0 saturated heterocycles. The lowest BCUT2D eigenvalue weighted by Crippen LogP contribution is -2.32. The lowest BCUT2D eigenvalue weighted by molar-refractivity contribution is -0.124. The molecule has 22 heavy (non-hydrogen) atoms. The molecule has 0 spiro atoms. The lowest BCUT2D eigenvalue weighted by Gasteiger charge is -2.15. The number of nitrogens with one attached hydrogen (secondary N) is 1. The largest absolute Gasteiger partial charge is 0.447 e. The molecule has 1 aromatic carbocycles. The molecule has 1 atom stereocenters. The number of hydrogen-bond acceptors (Lipinski definition) is 5. The first-order valence-corrected chi connectivity index (χ1v) is 6.95. The summed E-state index contributed by atoms with van der Waals surface area (Å²) in [6, 6.07) is 8.99. The number of nitrogens with zero attached hydrogens (tertiary/aromatic N) is 2. The van der Waals surface area contributed by atoms with E-state index in [0.717, 1.165) is 0 Å². The summed E-state index contributed by atoms with van der Waals surface area (Å²) in [6.07, 6.45) is 2.29. The van der Waals surface area contributed by atoms with E-state index in [2.05, 4.69) is 15.3 Å². The highest BCUT2D eigenvalue weighted by Gasteiger charge is 2.22. The van der Waals surface area contributed by atoms with E-state index in [9.17, 15) is 9.59 Å². The SMILES string of the molecule is CCC(OC(=O)c1cnc(C)cn1)C(=O)Nc1ccccc1. The molecule has 1 amide bonds. The van der Waals surface area contributed by atoms with Crippen molar-refractivity contribution in [1.29, 1.82) is 0 Å². The van der Waals surface area contributed by atoms with E-state index in [1.165, 1.54) is 12.4 Å². The van der Waals surface area contributed by atoms with Crippen LogP contribution in [0.1, 0.15) is 29.5 Å². The Kier molecular flexibility index (Phi) is 5.19. The van der Waals surface area contributed by atoms with Gasteiger partial charge >= 0.3 is 5.97 Å². The molecule has 0 aliphatic carbocycles. The fourth-order valence-electron chi connectivity index (χ4n) is 1.75. The maximum atomic E-state index is 12.1. The van der Waals surface area contributed by atoms with Crippen molar-refractivity contribution in [2.75, 3.05) is 5.32 Å². The van der Waals surface area contributed by atoms with Gasteiger partial charge in [0.05, 0.1) is 11.9 Å². The van der Waals surface area contributed by atoms with Crippen molar-refractivity contribution in [2.24, 2.45) is 0 Å². The van der Waals surface area contributed by atoms with Gasteiger partial charge in [0.15, 0.2) is 11.8 Å². The van der Waals surface area contributed by atoms with Crippen LogP contribution in [0.5, 0.6) is 0 Å². The van der Waals surface area contributed by atoms with E-state index in [4.69, 9.17) is 4.74 Å². The molecular formula is C16H17N3O3. The maximum absolute atomic E-state index is 12.1. The molecule has 1 heterocycles. The molecule has 1 aromatic heterocycles. The van der Waals surface area contributed by atoms with Crippen LogP contribution in [-0.2, 0) is 9.53 Å². The number of para-hydroxylation sites is 1. The average Bonchev–Trinajstić information content (AvgIpc) is 2.53. The molecule has 1 unspecified atom stereocenters. The number of benzene rings is 1. The van der Waals surface area contributed by atoms with E-state index in [-0.39, 0.29) is 11.6 Å². The Bertz CT molecular complexity index is 641. The standard InChI is InChI=1S/C16H17N3O3/c1-3-14(15(20)19-12-7-5-4-6-8-12)22-16(21)13-10-17-11(2)9-18-13/h4-10,14H,3H2,1-2H3,(H,19,20). The number of esters is 1. The number of hydrogen-bond donors (Lipinski definition) is 1. The van der Waals surface area contributed by atoms with Crippen molar-refractivity contribution in [3.05, 3.63) is 54.1 Å². The highest BCUT2D eigenvalue weighted by Crippen LogP contribution is 2.10. The summed E-state index contributed by atoms with van der Waals surface area (Å²) in [5, 5.41) is 2.71. The number of amides is 1. The van der Waals surface area contributed by atoms with Crippen molar-refractivity contribution in [1.82, 2.24) is 9.97 Å². The minimum atomic E-state index is -0.879. The third-order valence-electron chi connectivity index (χ3n) is 2.94. The number of rotatable bonds is 5. The van der Waals surface area contributed by atoms with Crippen LogP contribution in [0.3, 0.4) is 0 Å². The Balaban J connectivity index is 2.00. The molecule has 2 aromatic rings. The molecule has 0 saturated carbocycles. The summed E-state index contributed by atoms with van der Waals surface area (Å²) in [4.78, 5) is 32.0. The van der Waals surface area contributed by atoms with Gasteiger partial charge in [-0.05, 0) is 25.5 Å². The van der Waals surface area contributed by atoms with E-state index >= 15 is 0 Å². The smallest absolute Gasteiger partial charge is 0.359 e. The van der Waals surface area contributed by atoms with Crippen molar-refractivity contribution in [2.45, 2.75) is 26.4 Å². The van der Waals surface area contributed by atoms with Crippen molar-refractivity contribution in [3.63, 3.8) is 0 Å². The van der Waals surface area contributed by atoms with Gasteiger partial charge in [-0.2, -0.15) is 0 Å². The number of carbonyl (C=O) groups is 2. The molecular weight excluding hydrogens is 282 g/mol. The minimum Gasteiger partial charge on any atom is -0.447 e. The maximum Gasteiger partial charge on any atom is 0.359 e. The number of carbonyl (C=O) groups excluding carboxylic acids is 2. The van der Waals surface area contributed by atoms with Gasteiger partial charge in [-0.1, -0.05) is 25.1 Å². The van der Waals surface area contributed by atoms with E-state index in [1.807, 2.05) is 18.2 Å². The molecule has 114 valence electrons. The highest BCUT2D eigenvalue weighted by molar-refractivity contribution is 5.96. The zero-order valence-electron chi connectivity index (χ0n) is 12.4. The Labute approximate surface area is 128 Å². The lowest BCUT2D eigenvalue weighted by atomic mass is 10.2. The fraction of sp³-hybridized carbons (Fsp3) is 0.250. The number of aromatic nitrogens is 2. The van der Waals surface area contributed by atoms with Gasteiger partial charge < -0.3 is 10.1 Å². The van der Waals surface area contributed by atoms with E-state index in [1.54, 1.807) is 26.0 Å². The third-order valence-corrected chi connectivity index (χ3v) is 2.94. The predicted molar refractivity (Wildman–Crippen MR) is 81.3 cm³/mol. The van der Waals surface area contributed by atoms with Crippen LogP contribution in [0.4, 0.5) is 5.69 Å². The van der Waals surface area contributed by atoms with Crippen molar-refractivity contribution < 1.29 is 14.3 Å². The number of ether oxygens (including phenoxy) is 1. The van der Waals surface area contributed by atoms with Crippen LogP contribution in [0.25, 0.3) is 0 Å². The summed E-state index contributed by atoms with van der Waals surface area (Å²) in [5.74, 6) is -1.04. The van der Waals surface area contributed by atoms with Crippen LogP contribution < -0.4 is 5.32 Å². The van der Waals surface area contributed by atoms with Gasteiger partial charge in [-0.25, -0.2) is 9.78 Å². The molecule has 0 bridgehead atoms. The average molecular weight is 299 g/mol. The van der Waals surface area contributed by atoms with Crippen LogP contribution in [-0.4, -0.2) is 27.9 Å². The van der Waals surface area contributed by atoms with Crippen LogP contribution in [0.2, 0.25) is 0 Å². The number of aryl methyl sites for hydroxylation is 1. The Morgan fingerprint density at radius 2 is 1.91 bits per heavy atom. The molecule has 0 fully saturated rings. The first-order chi connectivity index (χ1) is 10.6. The quantitative estimate of drug-likeness (QED) is 0.857. The van der Waals surface area contributed by atoms with Crippen molar-refractivity contribution >= 4 is 17.6 Å². The molecule has 0 aliphatic heterocycles. The van der Waals surface area contributed by atoms with E-state index < -0.39 is 12.1 Å². The van der Waals surface area contributed by atoms with Gasteiger partial charge in [0.1, 0.15) is 0 Å². The first-order valence-electron chi connectivity index (χ1n) is 6.95. The highest BCUT2D eigenvalue weighted by atomic mass is 16.5. The Hall–Kier alpha value is -2.76. The molecule has 0 aliphatic rings. The summed E-state index contributed by atoms with van der Waals surface area (Å²) in [6.45, 7) is 3.54. The first kappa shape index (κ1) is 15.6. The molecule has 1 N–H and O–H groups in total. The molecule has 0 radical (unpaired) electrons. The predicted octanol–water partition coefficient (Wildman–Crippen LogP) is 2.36. The summed E-state index contributed by atoms with van der Waals surface area (Å²) < 4.78 is 5.21. The third kappa shape index (κ3) is 4.12. The second kappa shape index (κ2) is 7.31. The zero-order chi connectivity index (χ0) is 15.9. The summed E-state index contributed by atoms with van der Waals surface area (Å²) in [5.41, 5.74) is 1.43. The van der Waals surface area contributed by atoms with Gasteiger partial charge in [0, 0.05) is 11.9 Å². The van der Waals surface area contributed by atoms with Crippen LogP contribution >= 0.6 is 0 Å². The van der Waals surface area contributed by atoms with Gasteiger partial charge in [0.25, 0.3) is 5.91 Å². The second-order valence-electron chi connectivity index (χ2n) is 4.70. The zero-order valence-corrected chi connectivity index (χ0v) is 12.4. The van der Waals surface area contributed by atoms with E-state index in [0.29, 0.717) is 17.8 Å². The Morgan fingerprint density at radius 3 is 2.50 bits per heavy atom. The topological polar surface area (TPSA) is 81.2 Å². The van der Waals surface area contributed by atoms with Crippen LogP contribution in [0.15, 0.2) is 42.7 Å². The second-order valence-corrected chi connectivity index (χ2v) is 4.70. The van der Waals surface area contributed by atoms with Gasteiger partial charge in [-0.3, -0.25) is 9.78 Å². The minimum absolute atomic E-state index is 0.0801. The molecule has 6 heteroatoms. The Morgan fingerprint density at radius 1 is 1.18 bits per heavy atom. The monoisotopic (exact) mass is 299 g/mol. The summed E-state index contributed by atoms with van der Waals surface area (Å²) in [7, 11) is 0. The van der Waals surface area contributed by atoms with Crippen LogP contribution in [0, 0.1) is 6.92 Å². The molecule has 6 nitrogen and oxygen atoms in total. The fourth-order valence-corrected chi connectivity index (χ4v) is 1.75. The van der Waals surface area contributed by atoms with Gasteiger partial charge in [0.2, 0.25) is 0 Å². The molecule has 2 rings (SSSR count). The van der Waals surface area contributed by atoms with Crippen molar-refractivity contribution in [3.8, 4) is 0 Å². The summed E-state index contributed by atoms with van der Waals surface area (Å²) >= 11 is 0. The number of anilines is 1. The normalized spacial score (nSPS) is 11.5.